The molecule has 0 spiro atoms. The first-order valence-electron chi connectivity index (χ1n) is 5.94. The third kappa shape index (κ3) is 4.69. The molecule has 0 heterocycles. The summed E-state index contributed by atoms with van der Waals surface area (Å²) < 4.78 is 18.5. The van der Waals surface area contributed by atoms with Crippen LogP contribution in [-0.2, 0) is 9.53 Å². The third-order valence-electron chi connectivity index (χ3n) is 2.36. The number of carbonyl (C=O) groups is 2. The molecule has 5 heteroatoms. The van der Waals surface area contributed by atoms with Gasteiger partial charge in [0.15, 0.2) is 0 Å². The molecule has 1 unspecified atom stereocenters. The first-order valence-corrected chi connectivity index (χ1v) is 5.94. The zero-order valence-corrected chi connectivity index (χ0v) is 11.5. The van der Waals surface area contributed by atoms with E-state index >= 15 is 0 Å². The van der Waals surface area contributed by atoms with Crippen LogP contribution in [0, 0.1) is 12.7 Å². The molecule has 1 N–H and O–H groups in total. The fraction of sp³-hybridized carbons (Fsp3) is 0.429. The van der Waals surface area contributed by atoms with E-state index in [0.29, 0.717) is 17.4 Å². The molecule has 4 nitrogen and oxygen atoms in total. The van der Waals surface area contributed by atoms with Crippen LogP contribution in [0.3, 0.4) is 0 Å². The molecule has 104 valence electrons. The molecule has 1 aromatic carbocycles. The van der Waals surface area contributed by atoms with Gasteiger partial charge < -0.3 is 14.8 Å². The highest BCUT2D eigenvalue weighted by atomic mass is 19.1. The normalized spacial score (nSPS) is 12.7. The SMILES string of the molecule is Cc1ccc(C(C=O)NC(=O)OC(C)(C)C)cc1F. The Balaban J connectivity index is 2.81. The topological polar surface area (TPSA) is 55.4 Å². The maximum absolute atomic E-state index is 13.4. The van der Waals surface area contributed by atoms with Crippen LogP contribution in [0.25, 0.3) is 0 Å². The van der Waals surface area contributed by atoms with Gasteiger partial charge in [-0.3, -0.25) is 0 Å². The van der Waals surface area contributed by atoms with Crippen LogP contribution in [-0.4, -0.2) is 18.0 Å². The Hall–Kier alpha value is -1.91. The van der Waals surface area contributed by atoms with E-state index < -0.39 is 23.6 Å². The van der Waals surface area contributed by atoms with Gasteiger partial charge in [0.1, 0.15) is 23.7 Å². The molecule has 0 aliphatic rings. The molecule has 0 saturated carbocycles. The third-order valence-corrected chi connectivity index (χ3v) is 2.36. The lowest BCUT2D eigenvalue weighted by molar-refractivity contribution is -0.109. The van der Waals surface area contributed by atoms with Gasteiger partial charge in [0.25, 0.3) is 0 Å². The Morgan fingerprint density at radius 1 is 1.42 bits per heavy atom. The molecule has 0 aliphatic carbocycles. The molecule has 0 saturated heterocycles. The average Bonchev–Trinajstić information content (AvgIpc) is 2.27. The maximum Gasteiger partial charge on any atom is 0.408 e. The standard InChI is InChI=1S/C14H18FNO3/c1-9-5-6-10(7-11(9)15)12(8-17)16-13(18)19-14(2,3)4/h5-8,12H,1-4H3,(H,16,18). The van der Waals surface area contributed by atoms with Crippen LogP contribution >= 0.6 is 0 Å². The molecule has 0 aromatic heterocycles. The molecular formula is C14H18FNO3. The second-order valence-corrected chi connectivity index (χ2v) is 5.27. The van der Waals surface area contributed by atoms with Gasteiger partial charge in [-0.2, -0.15) is 0 Å². The van der Waals surface area contributed by atoms with Crippen LogP contribution < -0.4 is 5.32 Å². The van der Waals surface area contributed by atoms with E-state index in [9.17, 15) is 14.0 Å². The van der Waals surface area contributed by atoms with Crippen molar-refractivity contribution in [1.29, 1.82) is 0 Å². The highest BCUT2D eigenvalue weighted by Gasteiger charge is 2.20. The van der Waals surface area contributed by atoms with Crippen LogP contribution in [0.15, 0.2) is 18.2 Å². The van der Waals surface area contributed by atoms with Gasteiger partial charge in [0, 0.05) is 0 Å². The molecule has 0 aliphatic heterocycles. The maximum atomic E-state index is 13.4. The minimum absolute atomic E-state index is 0.379. The van der Waals surface area contributed by atoms with Gasteiger partial charge >= 0.3 is 6.09 Å². The van der Waals surface area contributed by atoms with Gasteiger partial charge in [-0.1, -0.05) is 12.1 Å². The number of aryl methyl sites for hydroxylation is 1. The summed E-state index contributed by atoms with van der Waals surface area (Å²) >= 11 is 0. The van der Waals surface area contributed by atoms with Crippen molar-refractivity contribution in [3.05, 3.63) is 35.1 Å². The minimum atomic E-state index is -0.926. The van der Waals surface area contributed by atoms with Gasteiger partial charge in [-0.25, -0.2) is 9.18 Å². The van der Waals surface area contributed by atoms with Crippen LogP contribution in [0.2, 0.25) is 0 Å². The van der Waals surface area contributed by atoms with Crippen LogP contribution in [0.4, 0.5) is 9.18 Å². The molecule has 1 amide bonds. The number of hydrogen-bond acceptors (Lipinski definition) is 3. The number of amides is 1. The lowest BCUT2D eigenvalue weighted by Gasteiger charge is -2.21. The second-order valence-electron chi connectivity index (χ2n) is 5.27. The van der Waals surface area contributed by atoms with Crippen molar-refractivity contribution in [2.24, 2.45) is 0 Å². The number of halogens is 1. The minimum Gasteiger partial charge on any atom is -0.444 e. The monoisotopic (exact) mass is 267 g/mol. The number of nitrogens with one attached hydrogen (secondary N) is 1. The summed E-state index contributed by atoms with van der Waals surface area (Å²) in [5.41, 5.74) is 0.199. The Bertz CT molecular complexity index is 480. The zero-order valence-electron chi connectivity index (χ0n) is 11.5. The smallest absolute Gasteiger partial charge is 0.408 e. The van der Waals surface area contributed by atoms with Crippen molar-refractivity contribution in [3.63, 3.8) is 0 Å². The molecule has 1 aromatic rings. The van der Waals surface area contributed by atoms with E-state index in [2.05, 4.69) is 5.32 Å². The van der Waals surface area contributed by atoms with Gasteiger partial charge in [-0.05, 0) is 44.9 Å². The zero-order chi connectivity index (χ0) is 14.6. The van der Waals surface area contributed by atoms with E-state index in [1.807, 2.05) is 0 Å². The first-order chi connectivity index (χ1) is 8.73. The van der Waals surface area contributed by atoms with E-state index in [1.54, 1.807) is 39.8 Å². The predicted molar refractivity (Wildman–Crippen MR) is 69.3 cm³/mol. The van der Waals surface area contributed by atoms with E-state index in [1.165, 1.54) is 6.07 Å². The molecular weight excluding hydrogens is 249 g/mol. The quantitative estimate of drug-likeness (QED) is 0.857. The number of aldehydes is 1. The average molecular weight is 267 g/mol. The van der Waals surface area contributed by atoms with Crippen molar-refractivity contribution < 1.29 is 18.7 Å². The largest absolute Gasteiger partial charge is 0.444 e. The second kappa shape index (κ2) is 5.82. The number of hydrogen-bond donors (Lipinski definition) is 1. The Morgan fingerprint density at radius 2 is 2.05 bits per heavy atom. The number of ether oxygens (including phenoxy) is 1. The number of carbonyl (C=O) groups excluding carboxylic acids is 2. The lowest BCUT2D eigenvalue weighted by atomic mass is 10.1. The number of benzene rings is 1. The van der Waals surface area contributed by atoms with Gasteiger partial charge in [0.05, 0.1) is 0 Å². The highest BCUT2D eigenvalue weighted by molar-refractivity contribution is 5.74. The molecule has 1 rings (SSSR count). The Morgan fingerprint density at radius 3 is 2.53 bits per heavy atom. The summed E-state index contributed by atoms with van der Waals surface area (Å²) in [5.74, 6) is -0.421. The molecule has 0 bridgehead atoms. The molecule has 0 fully saturated rings. The number of rotatable bonds is 3. The van der Waals surface area contributed by atoms with E-state index in [-0.39, 0.29) is 0 Å². The van der Waals surface area contributed by atoms with Crippen molar-refractivity contribution >= 4 is 12.4 Å². The Labute approximate surface area is 112 Å². The summed E-state index contributed by atoms with van der Waals surface area (Å²) in [7, 11) is 0. The fourth-order valence-corrected chi connectivity index (χ4v) is 1.43. The fourth-order valence-electron chi connectivity index (χ4n) is 1.43. The predicted octanol–water partition coefficient (Wildman–Crippen LogP) is 2.90. The van der Waals surface area contributed by atoms with Crippen molar-refractivity contribution in [3.8, 4) is 0 Å². The molecule has 0 radical (unpaired) electrons. The summed E-state index contributed by atoms with van der Waals surface area (Å²) in [4.78, 5) is 22.6. The van der Waals surface area contributed by atoms with Crippen molar-refractivity contribution in [2.45, 2.75) is 39.3 Å². The van der Waals surface area contributed by atoms with Crippen molar-refractivity contribution in [1.82, 2.24) is 5.32 Å². The van der Waals surface area contributed by atoms with Crippen molar-refractivity contribution in [2.75, 3.05) is 0 Å². The van der Waals surface area contributed by atoms with E-state index in [4.69, 9.17) is 4.74 Å². The highest BCUT2D eigenvalue weighted by Crippen LogP contribution is 2.16. The van der Waals surface area contributed by atoms with Gasteiger partial charge in [-0.15, -0.1) is 0 Å². The van der Waals surface area contributed by atoms with E-state index in [0.717, 1.165) is 0 Å². The van der Waals surface area contributed by atoms with Crippen LogP contribution in [0.1, 0.15) is 37.9 Å². The molecule has 19 heavy (non-hydrogen) atoms. The summed E-state index contributed by atoms with van der Waals surface area (Å²) in [6.45, 7) is 6.77. The summed E-state index contributed by atoms with van der Waals surface area (Å²) in [5, 5.41) is 2.39. The van der Waals surface area contributed by atoms with Crippen LogP contribution in [0.5, 0.6) is 0 Å². The van der Waals surface area contributed by atoms with Gasteiger partial charge in [0.2, 0.25) is 0 Å². The number of alkyl carbamates (subject to hydrolysis) is 1. The first kappa shape index (κ1) is 15.1. The lowest BCUT2D eigenvalue weighted by Crippen LogP contribution is -2.35. The summed E-state index contributed by atoms with van der Waals surface area (Å²) in [6.07, 6.45) is -0.181. The Kier molecular flexibility index (Phi) is 4.64. The summed E-state index contributed by atoms with van der Waals surface area (Å²) in [6, 6.07) is 3.45. The molecule has 1 atom stereocenters.